The number of nitrogens with zero attached hydrogens (tertiary/aromatic N) is 5. The summed E-state index contributed by atoms with van der Waals surface area (Å²) in [7, 11) is 1.72. The first kappa shape index (κ1) is 17.9. The molecule has 0 aliphatic rings. The Morgan fingerprint density at radius 1 is 1.00 bits per heavy atom. The number of thiazole rings is 1. The van der Waals surface area contributed by atoms with Gasteiger partial charge in [-0.15, -0.1) is 5.10 Å². The lowest BCUT2D eigenvalue weighted by Gasteiger charge is -2.03. The van der Waals surface area contributed by atoms with Gasteiger partial charge in [0.2, 0.25) is 10.5 Å². The van der Waals surface area contributed by atoms with Crippen LogP contribution in [0.5, 0.6) is 0 Å². The number of hydrogen-bond donors (Lipinski definition) is 1. The predicted octanol–water partition coefficient (Wildman–Crippen LogP) is 2.89. The lowest BCUT2D eigenvalue weighted by atomic mass is 10.2. The van der Waals surface area contributed by atoms with E-state index in [9.17, 15) is 30.3 Å². The average molecular weight is 390 g/mol. The molecular weight excluding hydrogens is 380 g/mol. The largest absolute Gasteiger partial charge is 0.318 e. The standard InChI is InChI=1S/C14H10N6O6S/c1-17-9-4-2-3-5-12(9)27-14(17)16-15-13-10(19(23)24)6-8(18(21)22)7-11(13)20(25)26/h2-7,15H,1H3. The van der Waals surface area contributed by atoms with Gasteiger partial charge in [-0.3, -0.25) is 35.8 Å². The van der Waals surface area contributed by atoms with E-state index in [1.165, 1.54) is 11.3 Å². The van der Waals surface area contributed by atoms with Crippen LogP contribution in [0.1, 0.15) is 0 Å². The Labute approximate surface area is 153 Å². The van der Waals surface area contributed by atoms with Gasteiger partial charge in [0.15, 0.2) is 0 Å². The molecule has 0 saturated heterocycles. The molecule has 3 rings (SSSR count). The van der Waals surface area contributed by atoms with E-state index in [0.717, 1.165) is 10.2 Å². The van der Waals surface area contributed by atoms with E-state index in [4.69, 9.17) is 0 Å². The van der Waals surface area contributed by atoms with Gasteiger partial charge in [-0.1, -0.05) is 23.5 Å². The van der Waals surface area contributed by atoms with Crippen LogP contribution in [0.15, 0.2) is 41.5 Å². The fourth-order valence-corrected chi connectivity index (χ4v) is 3.38. The van der Waals surface area contributed by atoms with Crippen LogP contribution < -0.4 is 10.2 Å². The molecule has 27 heavy (non-hydrogen) atoms. The summed E-state index contributed by atoms with van der Waals surface area (Å²) in [6.45, 7) is 0. The summed E-state index contributed by atoms with van der Waals surface area (Å²) in [6, 6.07) is 8.67. The Kier molecular flexibility index (Phi) is 4.51. The zero-order chi connectivity index (χ0) is 19.7. The Bertz CT molecular complexity index is 1130. The quantitative estimate of drug-likeness (QED) is 0.518. The molecule has 1 N–H and O–H groups in total. The molecule has 0 fully saturated rings. The third kappa shape index (κ3) is 3.30. The molecule has 13 heteroatoms. The zero-order valence-corrected chi connectivity index (χ0v) is 14.4. The van der Waals surface area contributed by atoms with Crippen LogP contribution in [0.3, 0.4) is 0 Å². The van der Waals surface area contributed by atoms with Crippen molar-refractivity contribution in [3.8, 4) is 0 Å². The van der Waals surface area contributed by atoms with Crippen molar-refractivity contribution < 1.29 is 14.8 Å². The van der Waals surface area contributed by atoms with E-state index in [-0.39, 0.29) is 0 Å². The van der Waals surface area contributed by atoms with Gasteiger partial charge in [0, 0.05) is 7.05 Å². The number of hydrogen-bond acceptors (Lipinski definition) is 9. The molecule has 12 nitrogen and oxygen atoms in total. The van der Waals surface area contributed by atoms with Gasteiger partial charge in [-0.05, 0) is 12.1 Å². The maximum atomic E-state index is 11.3. The predicted molar refractivity (Wildman–Crippen MR) is 96.4 cm³/mol. The highest BCUT2D eigenvalue weighted by atomic mass is 32.1. The second kappa shape index (κ2) is 6.80. The molecule has 3 aromatic rings. The van der Waals surface area contributed by atoms with E-state index in [1.54, 1.807) is 11.6 Å². The smallest absolute Gasteiger partial charge is 0.308 e. The number of nitro benzene ring substituents is 3. The minimum atomic E-state index is -0.942. The highest BCUT2D eigenvalue weighted by Gasteiger charge is 2.30. The Morgan fingerprint density at radius 2 is 1.59 bits per heavy atom. The van der Waals surface area contributed by atoms with E-state index in [1.807, 2.05) is 24.3 Å². The number of aryl methyl sites for hydroxylation is 1. The minimum absolute atomic E-state index is 0.401. The number of nitrogens with one attached hydrogen (secondary N) is 1. The number of aromatic nitrogens is 1. The number of para-hydroxylation sites is 1. The van der Waals surface area contributed by atoms with Gasteiger partial charge in [-0.2, -0.15) is 0 Å². The number of non-ortho nitro benzene ring substituents is 1. The number of benzene rings is 2. The molecule has 0 aliphatic heterocycles. The van der Waals surface area contributed by atoms with Crippen LogP contribution in [0.25, 0.3) is 10.2 Å². The van der Waals surface area contributed by atoms with Crippen LogP contribution in [-0.2, 0) is 7.05 Å². The molecule has 138 valence electrons. The van der Waals surface area contributed by atoms with Gasteiger partial charge in [0.05, 0.1) is 37.1 Å². The summed E-state index contributed by atoms with van der Waals surface area (Å²) in [6.07, 6.45) is 0. The van der Waals surface area contributed by atoms with Crippen molar-refractivity contribution in [1.29, 1.82) is 0 Å². The molecule has 0 atom stereocenters. The third-order valence-electron chi connectivity index (χ3n) is 3.66. The monoisotopic (exact) mass is 390 g/mol. The van der Waals surface area contributed by atoms with E-state index in [0.29, 0.717) is 16.9 Å². The second-order valence-electron chi connectivity index (χ2n) is 5.27. The van der Waals surface area contributed by atoms with Crippen molar-refractivity contribution in [3.05, 3.63) is 71.5 Å². The van der Waals surface area contributed by atoms with Crippen LogP contribution in [0, 0.1) is 30.3 Å². The topological polar surface area (TPSA) is 159 Å². The molecule has 2 aromatic carbocycles. The number of anilines is 1. The van der Waals surface area contributed by atoms with Crippen LogP contribution in [0.4, 0.5) is 22.7 Å². The van der Waals surface area contributed by atoms with Gasteiger partial charge in [0.25, 0.3) is 5.69 Å². The fraction of sp³-hybridized carbons (Fsp3) is 0.0714. The minimum Gasteiger partial charge on any atom is -0.318 e. The molecule has 0 aliphatic carbocycles. The summed E-state index contributed by atoms with van der Waals surface area (Å²) < 4.78 is 2.60. The average Bonchev–Trinajstić information content (AvgIpc) is 2.95. The van der Waals surface area contributed by atoms with Crippen molar-refractivity contribution in [2.24, 2.45) is 12.1 Å². The maximum absolute atomic E-state index is 11.3. The van der Waals surface area contributed by atoms with Gasteiger partial charge < -0.3 is 4.57 Å². The SMILES string of the molecule is Cn1c(=NNc2c([N+](=O)[O-])cc([N+](=O)[O-])cc2[N+](=O)[O-])sc2ccccc21. The highest BCUT2D eigenvalue weighted by Crippen LogP contribution is 2.38. The fourth-order valence-electron chi connectivity index (χ4n) is 2.40. The third-order valence-corrected chi connectivity index (χ3v) is 4.78. The summed E-state index contributed by atoms with van der Waals surface area (Å²) in [5.74, 6) is 0. The van der Waals surface area contributed by atoms with E-state index < -0.39 is 37.5 Å². The first-order valence-corrected chi connectivity index (χ1v) is 8.06. The van der Waals surface area contributed by atoms with Crippen molar-refractivity contribution in [3.63, 3.8) is 0 Å². The van der Waals surface area contributed by atoms with E-state index >= 15 is 0 Å². The molecule has 0 bridgehead atoms. The molecule has 1 heterocycles. The molecule has 0 unspecified atom stereocenters. The van der Waals surface area contributed by atoms with Gasteiger partial charge >= 0.3 is 11.4 Å². The van der Waals surface area contributed by atoms with Crippen LogP contribution in [0.2, 0.25) is 0 Å². The number of rotatable bonds is 5. The maximum Gasteiger partial charge on any atom is 0.308 e. The van der Waals surface area contributed by atoms with Crippen molar-refractivity contribution >= 4 is 44.3 Å². The first-order valence-electron chi connectivity index (χ1n) is 7.25. The van der Waals surface area contributed by atoms with Crippen molar-refractivity contribution in [2.75, 3.05) is 5.43 Å². The van der Waals surface area contributed by atoms with Crippen LogP contribution in [-0.4, -0.2) is 19.3 Å². The van der Waals surface area contributed by atoms with E-state index in [2.05, 4.69) is 10.5 Å². The zero-order valence-electron chi connectivity index (χ0n) is 13.6. The Balaban J connectivity index is 2.18. The molecule has 0 spiro atoms. The second-order valence-corrected chi connectivity index (χ2v) is 6.27. The molecule has 1 aromatic heterocycles. The Morgan fingerprint density at radius 3 is 2.11 bits per heavy atom. The lowest BCUT2D eigenvalue weighted by molar-refractivity contribution is -0.401. The summed E-state index contributed by atoms with van der Waals surface area (Å²) in [5.41, 5.74) is 0.270. The number of fused-ring (bicyclic) bond motifs is 1. The molecular formula is C14H10N6O6S. The molecule has 0 saturated carbocycles. The van der Waals surface area contributed by atoms with Gasteiger partial charge in [-0.25, -0.2) is 0 Å². The van der Waals surface area contributed by atoms with Gasteiger partial charge in [0.1, 0.15) is 0 Å². The van der Waals surface area contributed by atoms with Crippen molar-refractivity contribution in [1.82, 2.24) is 4.57 Å². The summed E-state index contributed by atoms with van der Waals surface area (Å²) in [5, 5.41) is 37.5. The first-order chi connectivity index (χ1) is 12.8. The summed E-state index contributed by atoms with van der Waals surface area (Å²) in [4.78, 5) is 31.0. The Hall–Kier alpha value is -3.87. The molecule has 0 amide bonds. The molecule has 0 radical (unpaired) electrons. The van der Waals surface area contributed by atoms with Crippen molar-refractivity contribution in [2.45, 2.75) is 0 Å². The lowest BCUT2D eigenvalue weighted by Crippen LogP contribution is -2.13. The van der Waals surface area contributed by atoms with Crippen LogP contribution >= 0.6 is 11.3 Å². The number of nitro groups is 3. The normalized spacial score (nSPS) is 11.5. The summed E-state index contributed by atoms with van der Waals surface area (Å²) >= 11 is 1.27. The highest BCUT2D eigenvalue weighted by molar-refractivity contribution is 7.16.